The van der Waals surface area contributed by atoms with E-state index in [0.29, 0.717) is 12.2 Å². The van der Waals surface area contributed by atoms with Crippen molar-refractivity contribution in [2.24, 2.45) is 10.9 Å². The number of hydrogen-bond acceptors (Lipinski definition) is 4. The van der Waals surface area contributed by atoms with Gasteiger partial charge in [0, 0.05) is 18.8 Å². The van der Waals surface area contributed by atoms with Gasteiger partial charge in [-0.05, 0) is 69.4 Å². The normalized spacial score (nSPS) is 15.9. The Kier molecular flexibility index (Phi) is 9.62. The summed E-state index contributed by atoms with van der Waals surface area (Å²) >= 11 is 0. The molecule has 0 radical (unpaired) electrons. The molecule has 1 aliphatic rings. The van der Waals surface area contributed by atoms with Crippen LogP contribution in [0.5, 0.6) is 0 Å². The van der Waals surface area contributed by atoms with Crippen LogP contribution in [-0.2, 0) is 11.3 Å². The second-order valence-electron chi connectivity index (χ2n) is 7.31. The SMILES string of the molecule is CCNC(=NCc1ccc(NC(=O)OC)cc1)NCCCN1CCC(C)CC1. The van der Waals surface area contributed by atoms with Crippen LogP contribution in [0.15, 0.2) is 29.3 Å². The molecule has 0 bridgehead atoms. The van der Waals surface area contributed by atoms with Crippen LogP contribution in [0.1, 0.15) is 38.7 Å². The van der Waals surface area contributed by atoms with Gasteiger partial charge in [0.15, 0.2) is 5.96 Å². The Hall–Kier alpha value is -2.28. The Labute approximate surface area is 168 Å². The summed E-state index contributed by atoms with van der Waals surface area (Å²) in [5, 5.41) is 9.36. The van der Waals surface area contributed by atoms with Crippen molar-refractivity contribution >= 4 is 17.7 Å². The molecule has 0 atom stereocenters. The smallest absolute Gasteiger partial charge is 0.411 e. The first kappa shape index (κ1) is 22.0. The molecule has 2 rings (SSSR count). The summed E-state index contributed by atoms with van der Waals surface area (Å²) in [6, 6.07) is 7.61. The summed E-state index contributed by atoms with van der Waals surface area (Å²) in [7, 11) is 1.35. The summed E-state index contributed by atoms with van der Waals surface area (Å²) in [4.78, 5) is 18.4. The van der Waals surface area contributed by atoms with Crippen LogP contribution >= 0.6 is 0 Å². The fourth-order valence-corrected chi connectivity index (χ4v) is 3.17. The van der Waals surface area contributed by atoms with E-state index >= 15 is 0 Å². The van der Waals surface area contributed by atoms with E-state index in [1.807, 2.05) is 24.3 Å². The zero-order valence-electron chi connectivity index (χ0n) is 17.5. The van der Waals surface area contributed by atoms with Gasteiger partial charge in [-0.25, -0.2) is 9.79 Å². The molecule has 1 aromatic carbocycles. The number of rotatable bonds is 8. The first-order chi connectivity index (χ1) is 13.6. The van der Waals surface area contributed by atoms with Crippen molar-refractivity contribution in [1.29, 1.82) is 0 Å². The standard InChI is InChI=1S/C21H35N5O2/c1-4-22-20(23-12-5-13-26-14-10-17(2)11-15-26)24-16-18-6-8-19(9-7-18)25-21(27)28-3/h6-9,17H,4-5,10-16H2,1-3H3,(H,25,27)(H2,22,23,24). The zero-order valence-corrected chi connectivity index (χ0v) is 17.5. The van der Waals surface area contributed by atoms with Crippen LogP contribution in [-0.4, -0.2) is 56.8 Å². The van der Waals surface area contributed by atoms with Gasteiger partial charge in [-0.2, -0.15) is 0 Å². The summed E-state index contributed by atoms with van der Waals surface area (Å²) < 4.78 is 4.59. The van der Waals surface area contributed by atoms with Crippen molar-refractivity contribution in [3.8, 4) is 0 Å². The molecule has 1 amide bonds. The largest absolute Gasteiger partial charge is 0.453 e. The lowest BCUT2D eigenvalue weighted by Gasteiger charge is -2.30. The van der Waals surface area contributed by atoms with Crippen molar-refractivity contribution in [3.05, 3.63) is 29.8 Å². The van der Waals surface area contributed by atoms with Crippen LogP contribution in [0.3, 0.4) is 0 Å². The average molecular weight is 390 g/mol. The fraction of sp³-hybridized carbons (Fsp3) is 0.619. The third-order valence-electron chi connectivity index (χ3n) is 4.97. The van der Waals surface area contributed by atoms with Gasteiger partial charge >= 0.3 is 6.09 Å². The van der Waals surface area contributed by atoms with Gasteiger partial charge in [0.1, 0.15) is 0 Å². The van der Waals surface area contributed by atoms with E-state index in [1.165, 1.54) is 33.0 Å². The molecule has 1 aromatic rings. The monoisotopic (exact) mass is 389 g/mol. The molecule has 1 aliphatic heterocycles. The molecule has 0 saturated carbocycles. The number of anilines is 1. The van der Waals surface area contributed by atoms with Crippen LogP contribution in [0, 0.1) is 5.92 Å². The van der Waals surface area contributed by atoms with Gasteiger partial charge in [-0.3, -0.25) is 5.32 Å². The lowest BCUT2D eigenvalue weighted by atomic mass is 9.99. The molecule has 3 N–H and O–H groups in total. The van der Waals surface area contributed by atoms with Crippen molar-refractivity contribution < 1.29 is 9.53 Å². The number of nitrogens with one attached hydrogen (secondary N) is 3. The Morgan fingerprint density at radius 1 is 1.21 bits per heavy atom. The van der Waals surface area contributed by atoms with Gasteiger partial charge in [0.2, 0.25) is 0 Å². The minimum absolute atomic E-state index is 0.469. The van der Waals surface area contributed by atoms with Gasteiger partial charge in [0.25, 0.3) is 0 Å². The number of nitrogens with zero attached hydrogens (tertiary/aromatic N) is 2. The van der Waals surface area contributed by atoms with E-state index in [2.05, 4.69) is 44.4 Å². The number of likely N-dealkylation sites (tertiary alicyclic amines) is 1. The molecule has 1 heterocycles. The number of piperidine rings is 1. The third kappa shape index (κ3) is 8.17. The number of ether oxygens (including phenoxy) is 1. The predicted molar refractivity (Wildman–Crippen MR) is 115 cm³/mol. The maximum absolute atomic E-state index is 11.2. The van der Waals surface area contributed by atoms with E-state index in [1.54, 1.807) is 0 Å². The Balaban J connectivity index is 1.74. The highest BCUT2D eigenvalue weighted by atomic mass is 16.5. The lowest BCUT2D eigenvalue weighted by Crippen LogP contribution is -2.39. The van der Waals surface area contributed by atoms with Crippen molar-refractivity contribution in [2.45, 2.75) is 39.7 Å². The quantitative estimate of drug-likeness (QED) is 0.362. The van der Waals surface area contributed by atoms with Gasteiger partial charge < -0.3 is 20.3 Å². The maximum atomic E-state index is 11.2. The Morgan fingerprint density at radius 2 is 1.93 bits per heavy atom. The molecule has 28 heavy (non-hydrogen) atoms. The highest BCUT2D eigenvalue weighted by Crippen LogP contribution is 2.15. The Morgan fingerprint density at radius 3 is 2.57 bits per heavy atom. The minimum Gasteiger partial charge on any atom is -0.453 e. The summed E-state index contributed by atoms with van der Waals surface area (Å²) in [5.74, 6) is 1.72. The van der Waals surface area contributed by atoms with E-state index < -0.39 is 6.09 Å². The maximum Gasteiger partial charge on any atom is 0.411 e. The lowest BCUT2D eigenvalue weighted by molar-refractivity contribution is 0.187. The third-order valence-corrected chi connectivity index (χ3v) is 4.97. The number of aliphatic imine (C=N–C) groups is 1. The first-order valence-corrected chi connectivity index (χ1v) is 10.3. The highest BCUT2D eigenvalue weighted by molar-refractivity contribution is 5.84. The summed E-state index contributed by atoms with van der Waals surface area (Å²) in [6.45, 7) is 10.4. The molecule has 0 aromatic heterocycles. The van der Waals surface area contributed by atoms with Gasteiger partial charge in [-0.15, -0.1) is 0 Å². The van der Waals surface area contributed by atoms with Crippen molar-refractivity contribution in [2.75, 3.05) is 45.2 Å². The molecule has 1 fully saturated rings. The number of carbonyl (C=O) groups is 1. The molecular formula is C21H35N5O2. The van der Waals surface area contributed by atoms with E-state index in [9.17, 15) is 4.79 Å². The van der Waals surface area contributed by atoms with Crippen molar-refractivity contribution in [1.82, 2.24) is 15.5 Å². The van der Waals surface area contributed by atoms with E-state index in [-0.39, 0.29) is 0 Å². The second-order valence-corrected chi connectivity index (χ2v) is 7.31. The minimum atomic E-state index is -0.469. The molecule has 0 aliphatic carbocycles. The number of carbonyl (C=O) groups excluding carboxylic acids is 1. The predicted octanol–water partition coefficient (Wildman–Crippen LogP) is 3.04. The molecular weight excluding hydrogens is 354 g/mol. The molecule has 1 saturated heterocycles. The highest BCUT2D eigenvalue weighted by Gasteiger charge is 2.14. The topological polar surface area (TPSA) is 78.0 Å². The Bertz CT molecular complexity index is 610. The summed E-state index contributed by atoms with van der Waals surface area (Å²) in [5.41, 5.74) is 1.78. The molecule has 156 valence electrons. The van der Waals surface area contributed by atoms with Crippen LogP contribution in [0.2, 0.25) is 0 Å². The number of hydrogen-bond donors (Lipinski definition) is 3. The van der Waals surface area contributed by atoms with Gasteiger partial charge in [-0.1, -0.05) is 19.1 Å². The number of amides is 1. The first-order valence-electron chi connectivity index (χ1n) is 10.3. The van der Waals surface area contributed by atoms with Crippen LogP contribution in [0.4, 0.5) is 10.5 Å². The number of guanidine groups is 1. The molecule has 7 nitrogen and oxygen atoms in total. The number of benzene rings is 1. The summed E-state index contributed by atoms with van der Waals surface area (Å²) in [6.07, 6.45) is 3.30. The van der Waals surface area contributed by atoms with Crippen LogP contribution < -0.4 is 16.0 Å². The van der Waals surface area contributed by atoms with Crippen LogP contribution in [0.25, 0.3) is 0 Å². The fourth-order valence-electron chi connectivity index (χ4n) is 3.17. The molecule has 7 heteroatoms. The molecule has 0 unspecified atom stereocenters. The van der Waals surface area contributed by atoms with Crippen molar-refractivity contribution in [3.63, 3.8) is 0 Å². The average Bonchev–Trinajstić information content (AvgIpc) is 2.71. The second kappa shape index (κ2) is 12.2. The number of methoxy groups -OCH3 is 1. The van der Waals surface area contributed by atoms with E-state index in [4.69, 9.17) is 0 Å². The zero-order chi connectivity index (χ0) is 20.2. The molecule has 0 spiro atoms. The van der Waals surface area contributed by atoms with Gasteiger partial charge in [0.05, 0.1) is 13.7 Å². The van der Waals surface area contributed by atoms with E-state index in [0.717, 1.165) is 43.5 Å².